The highest BCUT2D eigenvalue weighted by Crippen LogP contribution is 2.33. The van der Waals surface area contributed by atoms with Crippen LogP contribution in [0.15, 0.2) is 73.1 Å². The van der Waals surface area contributed by atoms with E-state index in [1.165, 1.54) is 5.57 Å². The molecule has 0 aliphatic heterocycles. The smallest absolute Gasteiger partial charge is 0.123 e. The predicted molar refractivity (Wildman–Crippen MR) is 88.2 cm³/mol. The molecule has 1 aliphatic rings. The minimum Gasteiger partial charge on any atom is -0.507 e. The van der Waals surface area contributed by atoms with Gasteiger partial charge in [-0.05, 0) is 43.0 Å². The zero-order valence-corrected chi connectivity index (χ0v) is 12.0. The molecule has 108 valence electrons. The van der Waals surface area contributed by atoms with Gasteiger partial charge in [-0.15, -0.1) is 13.2 Å². The molecule has 0 saturated carbocycles. The van der Waals surface area contributed by atoms with E-state index >= 15 is 0 Å². The van der Waals surface area contributed by atoms with Gasteiger partial charge in [0.1, 0.15) is 11.5 Å². The second-order valence-corrected chi connectivity index (χ2v) is 5.04. The first kappa shape index (κ1) is 14.9. The zero-order chi connectivity index (χ0) is 15.2. The summed E-state index contributed by atoms with van der Waals surface area (Å²) in [7, 11) is 0. The standard InChI is InChI=1S/C19H20O2/c1-3-5-14-7-10-16(18(20)11-8-14)17-13-15(6-4-2)9-12-19(17)21/h3-4,8-13,20-21H,1-2,5-7H2. The maximum atomic E-state index is 10.2. The van der Waals surface area contributed by atoms with Crippen LogP contribution in [-0.2, 0) is 6.42 Å². The van der Waals surface area contributed by atoms with Gasteiger partial charge < -0.3 is 10.2 Å². The summed E-state index contributed by atoms with van der Waals surface area (Å²) in [6.45, 7) is 7.46. The van der Waals surface area contributed by atoms with Crippen LogP contribution in [0.3, 0.4) is 0 Å². The highest BCUT2D eigenvalue weighted by atomic mass is 16.3. The molecule has 2 heteroatoms. The van der Waals surface area contributed by atoms with Crippen LogP contribution in [0.2, 0.25) is 0 Å². The maximum Gasteiger partial charge on any atom is 0.123 e. The Morgan fingerprint density at radius 1 is 1.05 bits per heavy atom. The molecule has 0 bridgehead atoms. The fraction of sp³-hybridized carbons (Fsp3) is 0.158. The van der Waals surface area contributed by atoms with Crippen LogP contribution in [0, 0.1) is 0 Å². The zero-order valence-electron chi connectivity index (χ0n) is 12.0. The van der Waals surface area contributed by atoms with Gasteiger partial charge >= 0.3 is 0 Å². The van der Waals surface area contributed by atoms with E-state index in [1.807, 2.05) is 36.4 Å². The fourth-order valence-corrected chi connectivity index (χ4v) is 2.37. The molecular formula is C19H20O2. The Kier molecular flexibility index (Phi) is 4.83. The minimum atomic E-state index is 0.167. The van der Waals surface area contributed by atoms with Gasteiger partial charge in [0.25, 0.3) is 0 Å². The Bertz CT molecular complexity index is 646. The van der Waals surface area contributed by atoms with Gasteiger partial charge in [-0.3, -0.25) is 0 Å². The summed E-state index contributed by atoms with van der Waals surface area (Å²) in [6.07, 6.45) is 11.4. The molecule has 21 heavy (non-hydrogen) atoms. The van der Waals surface area contributed by atoms with E-state index in [-0.39, 0.29) is 11.5 Å². The molecule has 0 unspecified atom stereocenters. The van der Waals surface area contributed by atoms with Crippen molar-refractivity contribution in [1.29, 1.82) is 0 Å². The molecule has 0 heterocycles. The van der Waals surface area contributed by atoms with Crippen molar-refractivity contribution in [2.24, 2.45) is 0 Å². The number of phenolic OH excluding ortho intramolecular Hbond substituents is 1. The van der Waals surface area contributed by atoms with E-state index in [0.29, 0.717) is 11.1 Å². The van der Waals surface area contributed by atoms with Crippen LogP contribution in [0.1, 0.15) is 24.0 Å². The third kappa shape index (κ3) is 3.54. The Balaban J connectivity index is 2.40. The number of hydrogen-bond acceptors (Lipinski definition) is 2. The second kappa shape index (κ2) is 6.80. The molecule has 1 aromatic carbocycles. The Morgan fingerprint density at radius 2 is 1.81 bits per heavy atom. The summed E-state index contributed by atoms with van der Waals surface area (Å²) >= 11 is 0. The van der Waals surface area contributed by atoms with E-state index in [4.69, 9.17) is 0 Å². The summed E-state index contributed by atoms with van der Waals surface area (Å²) in [6, 6.07) is 5.41. The molecule has 0 saturated heterocycles. The lowest BCUT2D eigenvalue weighted by Gasteiger charge is -2.10. The van der Waals surface area contributed by atoms with E-state index in [9.17, 15) is 10.2 Å². The van der Waals surface area contributed by atoms with E-state index in [2.05, 4.69) is 13.2 Å². The van der Waals surface area contributed by atoms with Gasteiger partial charge in [0.15, 0.2) is 0 Å². The van der Waals surface area contributed by atoms with Crippen LogP contribution < -0.4 is 0 Å². The van der Waals surface area contributed by atoms with Gasteiger partial charge in [-0.2, -0.15) is 0 Å². The molecule has 0 spiro atoms. The Morgan fingerprint density at radius 3 is 2.52 bits per heavy atom. The molecule has 0 atom stereocenters. The normalized spacial score (nSPS) is 14.6. The summed E-state index contributed by atoms with van der Waals surface area (Å²) in [5, 5.41) is 20.3. The number of allylic oxidation sites excluding steroid dienone is 7. The first-order valence-electron chi connectivity index (χ1n) is 6.99. The summed E-state index contributed by atoms with van der Waals surface area (Å²) in [4.78, 5) is 0. The maximum absolute atomic E-state index is 10.2. The van der Waals surface area contributed by atoms with Gasteiger partial charge in [-0.1, -0.05) is 35.9 Å². The monoisotopic (exact) mass is 280 g/mol. The molecule has 2 N–H and O–H groups in total. The number of phenols is 1. The van der Waals surface area contributed by atoms with Crippen molar-refractivity contribution in [3.8, 4) is 5.75 Å². The molecule has 2 nitrogen and oxygen atoms in total. The SMILES string of the molecule is C=CCC1=CC=C(O)C(c2cc(CC=C)ccc2O)=CC1. The fourth-order valence-electron chi connectivity index (χ4n) is 2.37. The number of aliphatic hydroxyl groups is 1. The van der Waals surface area contributed by atoms with Crippen LogP contribution in [0.25, 0.3) is 5.57 Å². The van der Waals surface area contributed by atoms with E-state index < -0.39 is 0 Å². The summed E-state index contributed by atoms with van der Waals surface area (Å²) in [5.41, 5.74) is 3.54. The molecule has 0 aromatic heterocycles. The molecule has 0 fully saturated rings. The number of aromatic hydroxyl groups is 1. The lowest BCUT2D eigenvalue weighted by Crippen LogP contribution is -1.92. The number of rotatable bonds is 5. The summed E-state index contributed by atoms with van der Waals surface area (Å²) < 4.78 is 0. The van der Waals surface area contributed by atoms with Crippen molar-refractivity contribution in [3.05, 3.63) is 84.2 Å². The first-order valence-corrected chi connectivity index (χ1v) is 6.99. The molecular weight excluding hydrogens is 260 g/mol. The molecule has 2 rings (SSSR count). The van der Waals surface area contributed by atoms with Crippen LogP contribution in [0.5, 0.6) is 5.75 Å². The van der Waals surface area contributed by atoms with Crippen molar-refractivity contribution in [2.75, 3.05) is 0 Å². The average Bonchev–Trinajstić information content (AvgIpc) is 2.65. The topological polar surface area (TPSA) is 40.5 Å². The van der Waals surface area contributed by atoms with Gasteiger partial charge in [0.05, 0.1) is 0 Å². The largest absolute Gasteiger partial charge is 0.507 e. The molecule has 1 aliphatic carbocycles. The van der Waals surface area contributed by atoms with Gasteiger partial charge in [0, 0.05) is 11.1 Å². The lowest BCUT2D eigenvalue weighted by atomic mass is 9.98. The lowest BCUT2D eigenvalue weighted by molar-refractivity contribution is 0.435. The predicted octanol–water partition coefficient (Wildman–Crippen LogP) is 4.85. The van der Waals surface area contributed by atoms with E-state index in [1.54, 1.807) is 12.1 Å². The minimum absolute atomic E-state index is 0.167. The number of aliphatic hydroxyl groups excluding tert-OH is 1. The number of benzene rings is 1. The Hall–Kier alpha value is -2.48. The van der Waals surface area contributed by atoms with Crippen molar-refractivity contribution >= 4 is 5.57 Å². The average molecular weight is 280 g/mol. The van der Waals surface area contributed by atoms with Gasteiger partial charge in [0.2, 0.25) is 0 Å². The van der Waals surface area contributed by atoms with Gasteiger partial charge in [-0.25, -0.2) is 0 Å². The molecule has 1 aromatic rings. The van der Waals surface area contributed by atoms with E-state index in [0.717, 1.165) is 24.8 Å². The second-order valence-electron chi connectivity index (χ2n) is 5.04. The van der Waals surface area contributed by atoms with Crippen LogP contribution >= 0.6 is 0 Å². The van der Waals surface area contributed by atoms with Crippen molar-refractivity contribution in [3.63, 3.8) is 0 Å². The Labute approximate surface area is 125 Å². The quantitative estimate of drug-likeness (QED) is 0.757. The van der Waals surface area contributed by atoms with Crippen LogP contribution in [0.4, 0.5) is 0 Å². The van der Waals surface area contributed by atoms with Crippen molar-refractivity contribution < 1.29 is 10.2 Å². The number of hydrogen-bond donors (Lipinski definition) is 2. The van der Waals surface area contributed by atoms with Crippen molar-refractivity contribution in [2.45, 2.75) is 19.3 Å². The van der Waals surface area contributed by atoms with Crippen LogP contribution in [-0.4, -0.2) is 10.2 Å². The highest BCUT2D eigenvalue weighted by Gasteiger charge is 2.14. The first-order chi connectivity index (χ1) is 10.2. The third-order valence-electron chi connectivity index (χ3n) is 3.46. The van der Waals surface area contributed by atoms with Crippen molar-refractivity contribution in [1.82, 2.24) is 0 Å². The summed E-state index contributed by atoms with van der Waals surface area (Å²) in [5.74, 6) is 0.335. The molecule has 0 radical (unpaired) electrons. The molecule has 0 amide bonds. The highest BCUT2D eigenvalue weighted by molar-refractivity contribution is 5.81. The third-order valence-corrected chi connectivity index (χ3v) is 3.46.